The van der Waals surface area contributed by atoms with Gasteiger partial charge in [-0.3, -0.25) is 0 Å². The summed E-state index contributed by atoms with van der Waals surface area (Å²) in [7, 11) is 2.16. The monoisotopic (exact) mass is 285 g/mol. The lowest BCUT2D eigenvalue weighted by atomic mass is 10.2. The quantitative estimate of drug-likeness (QED) is 0.849. The fourth-order valence-corrected chi connectivity index (χ4v) is 1.95. The average Bonchev–Trinajstić information content (AvgIpc) is 2.37. The van der Waals surface area contributed by atoms with E-state index in [-0.39, 0.29) is 12.4 Å². The van der Waals surface area contributed by atoms with E-state index in [4.69, 9.17) is 4.74 Å². The van der Waals surface area contributed by atoms with Gasteiger partial charge in [-0.25, -0.2) is 0 Å². The van der Waals surface area contributed by atoms with Crippen LogP contribution in [0.1, 0.15) is 13.8 Å². The molecule has 1 aliphatic rings. The summed E-state index contributed by atoms with van der Waals surface area (Å²) in [6.45, 7) is 9.28. The lowest BCUT2D eigenvalue weighted by Crippen LogP contribution is -2.44. The van der Waals surface area contributed by atoms with Crippen molar-refractivity contribution in [2.45, 2.75) is 13.8 Å². The zero-order valence-electron chi connectivity index (χ0n) is 12.0. The minimum absolute atomic E-state index is 0. The number of hydrogen-bond donors (Lipinski definition) is 0. The summed E-state index contributed by atoms with van der Waals surface area (Å²) in [5.74, 6) is 2.29. The number of aromatic nitrogens is 1. The van der Waals surface area contributed by atoms with Crippen molar-refractivity contribution in [2.75, 3.05) is 44.7 Å². The first kappa shape index (κ1) is 16.1. The summed E-state index contributed by atoms with van der Waals surface area (Å²) in [4.78, 5) is 9.24. The smallest absolute Gasteiger partial charge is 0.215 e. The third-order valence-electron chi connectivity index (χ3n) is 3.10. The molecule has 0 saturated carbocycles. The van der Waals surface area contributed by atoms with Crippen LogP contribution in [0.3, 0.4) is 0 Å². The van der Waals surface area contributed by atoms with Gasteiger partial charge in [0.15, 0.2) is 0 Å². The predicted octanol–water partition coefficient (Wildman–Crippen LogP) is 2.29. The maximum atomic E-state index is 5.67. The summed E-state index contributed by atoms with van der Waals surface area (Å²) in [5.41, 5.74) is 0. The first-order valence-corrected chi connectivity index (χ1v) is 6.68. The van der Waals surface area contributed by atoms with Crippen LogP contribution in [0.25, 0.3) is 0 Å². The van der Waals surface area contributed by atoms with Gasteiger partial charge in [0, 0.05) is 32.2 Å². The molecule has 2 heterocycles. The second-order valence-electron chi connectivity index (χ2n) is 5.33. The number of piperazine rings is 1. The van der Waals surface area contributed by atoms with Crippen molar-refractivity contribution < 1.29 is 4.74 Å². The Labute approximate surface area is 122 Å². The molecule has 19 heavy (non-hydrogen) atoms. The van der Waals surface area contributed by atoms with Gasteiger partial charge in [-0.15, -0.1) is 12.4 Å². The molecule has 0 atom stereocenters. The zero-order chi connectivity index (χ0) is 13.0. The van der Waals surface area contributed by atoms with Gasteiger partial charge < -0.3 is 14.5 Å². The van der Waals surface area contributed by atoms with Crippen molar-refractivity contribution in [1.29, 1.82) is 0 Å². The fourth-order valence-electron chi connectivity index (χ4n) is 1.95. The van der Waals surface area contributed by atoms with Crippen LogP contribution in [0.2, 0.25) is 0 Å². The van der Waals surface area contributed by atoms with Crippen LogP contribution in [0.15, 0.2) is 18.2 Å². The Hall–Kier alpha value is -1.00. The number of nitrogens with zero attached hydrogens (tertiary/aromatic N) is 3. The number of rotatable bonds is 4. The van der Waals surface area contributed by atoms with Crippen molar-refractivity contribution in [1.82, 2.24) is 9.88 Å². The lowest BCUT2D eigenvalue weighted by molar-refractivity contribution is 0.261. The maximum absolute atomic E-state index is 5.67. The van der Waals surface area contributed by atoms with Gasteiger partial charge in [0.1, 0.15) is 5.82 Å². The molecule has 0 bridgehead atoms. The molecule has 108 valence electrons. The highest BCUT2D eigenvalue weighted by atomic mass is 35.5. The highest BCUT2D eigenvalue weighted by Gasteiger charge is 2.15. The number of likely N-dealkylation sites (N-methyl/N-ethyl adjacent to an activating group) is 1. The number of halogens is 1. The highest BCUT2D eigenvalue weighted by Crippen LogP contribution is 2.17. The van der Waals surface area contributed by atoms with Crippen LogP contribution < -0.4 is 9.64 Å². The second-order valence-corrected chi connectivity index (χ2v) is 5.33. The molecule has 0 aromatic carbocycles. The Kier molecular flexibility index (Phi) is 6.38. The number of hydrogen-bond acceptors (Lipinski definition) is 4. The van der Waals surface area contributed by atoms with E-state index in [1.54, 1.807) is 0 Å². The Morgan fingerprint density at radius 1 is 1.21 bits per heavy atom. The Morgan fingerprint density at radius 2 is 1.89 bits per heavy atom. The van der Waals surface area contributed by atoms with Gasteiger partial charge in [-0.1, -0.05) is 19.9 Å². The van der Waals surface area contributed by atoms with Gasteiger partial charge in [0.2, 0.25) is 5.88 Å². The summed E-state index contributed by atoms with van der Waals surface area (Å²) in [6, 6.07) is 6.02. The lowest BCUT2D eigenvalue weighted by Gasteiger charge is -2.33. The Balaban J connectivity index is 0.00000180. The molecule has 0 amide bonds. The highest BCUT2D eigenvalue weighted by molar-refractivity contribution is 5.85. The first-order chi connectivity index (χ1) is 8.65. The van der Waals surface area contributed by atoms with Crippen molar-refractivity contribution in [3.05, 3.63) is 18.2 Å². The normalized spacial score (nSPS) is 16.3. The van der Waals surface area contributed by atoms with Gasteiger partial charge in [-0.05, 0) is 19.0 Å². The van der Waals surface area contributed by atoms with Crippen molar-refractivity contribution in [2.24, 2.45) is 5.92 Å². The van der Waals surface area contributed by atoms with Crippen molar-refractivity contribution >= 4 is 18.2 Å². The molecule has 1 saturated heterocycles. The van der Waals surface area contributed by atoms with Crippen molar-refractivity contribution in [3.63, 3.8) is 0 Å². The van der Waals surface area contributed by atoms with Crippen LogP contribution in [0.4, 0.5) is 5.82 Å². The van der Waals surface area contributed by atoms with E-state index >= 15 is 0 Å². The number of anilines is 1. The summed E-state index contributed by atoms with van der Waals surface area (Å²) < 4.78 is 5.67. The molecule has 0 radical (unpaired) electrons. The number of ether oxygens (including phenoxy) is 1. The summed E-state index contributed by atoms with van der Waals surface area (Å²) in [6.07, 6.45) is 0. The van der Waals surface area contributed by atoms with Gasteiger partial charge >= 0.3 is 0 Å². The fraction of sp³-hybridized carbons (Fsp3) is 0.643. The maximum Gasteiger partial charge on any atom is 0.215 e. The average molecular weight is 286 g/mol. The minimum Gasteiger partial charge on any atom is -0.477 e. The molecule has 0 aliphatic carbocycles. The van der Waals surface area contributed by atoms with Gasteiger partial charge in [0.05, 0.1) is 6.61 Å². The van der Waals surface area contributed by atoms with E-state index in [0.29, 0.717) is 5.92 Å². The standard InChI is InChI=1S/C14H23N3O.ClH/c1-12(2)11-18-14-6-4-5-13(15-14)17-9-7-16(3)8-10-17;/h4-6,12H,7-11H2,1-3H3;1H. The molecular weight excluding hydrogens is 262 g/mol. The second kappa shape index (κ2) is 7.56. The molecule has 1 aliphatic heterocycles. The largest absolute Gasteiger partial charge is 0.477 e. The van der Waals surface area contributed by atoms with E-state index in [1.807, 2.05) is 12.1 Å². The first-order valence-electron chi connectivity index (χ1n) is 6.68. The summed E-state index contributed by atoms with van der Waals surface area (Å²) in [5, 5.41) is 0. The molecule has 2 rings (SSSR count). The third-order valence-corrected chi connectivity index (χ3v) is 3.10. The molecule has 1 aromatic heterocycles. The topological polar surface area (TPSA) is 28.6 Å². The molecule has 0 unspecified atom stereocenters. The van der Waals surface area contributed by atoms with E-state index in [1.165, 1.54) is 0 Å². The van der Waals surface area contributed by atoms with E-state index in [2.05, 4.69) is 41.7 Å². The molecule has 1 aromatic rings. The Bertz CT molecular complexity index is 379. The van der Waals surface area contributed by atoms with E-state index in [0.717, 1.165) is 44.5 Å². The Morgan fingerprint density at radius 3 is 2.53 bits per heavy atom. The van der Waals surface area contributed by atoms with Gasteiger partial charge in [0.25, 0.3) is 0 Å². The molecule has 5 heteroatoms. The van der Waals surface area contributed by atoms with Gasteiger partial charge in [-0.2, -0.15) is 4.98 Å². The van der Waals surface area contributed by atoms with Crippen molar-refractivity contribution in [3.8, 4) is 5.88 Å². The molecule has 0 spiro atoms. The SMILES string of the molecule is CC(C)COc1cccc(N2CCN(C)CC2)n1.Cl. The molecule has 0 N–H and O–H groups in total. The zero-order valence-corrected chi connectivity index (χ0v) is 12.8. The third kappa shape index (κ3) is 4.88. The minimum atomic E-state index is 0. The molecule has 1 fully saturated rings. The molecule has 4 nitrogen and oxygen atoms in total. The molecular formula is C14H24ClN3O. The summed E-state index contributed by atoms with van der Waals surface area (Å²) >= 11 is 0. The van der Waals surface area contributed by atoms with Crippen LogP contribution >= 0.6 is 12.4 Å². The predicted molar refractivity (Wildman–Crippen MR) is 81.5 cm³/mol. The van der Waals surface area contributed by atoms with Crippen LogP contribution in [0.5, 0.6) is 5.88 Å². The van der Waals surface area contributed by atoms with Crippen LogP contribution in [-0.2, 0) is 0 Å². The van der Waals surface area contributed by atoms with E-state index in [9.17, 15) is 0 Å². The van der Waals surface area contributed by atoms with Crippen LogP contribution in [-0.4, -0.2) is 49.7 Å². The number of pyridine rings is 1. The van der Waals surface area contributed by atoms with E-state index < -0.39 is 0 Å². The van der Waals surface area contributed by atoms with Crippen LogP contribution in [0, 0.1) is 5.92 Å².